The van der Waals surface area contributed by atoms with Crippen molar-refractivity contribution in [3.8, 4) is 0 Å². The lowest BCUT2D eigenvalue weighted by molar-refractivity contribution is 0.514. The van der Waals surface area contributed by atoms with Crippen molar-refractivity contribution in [1.29, 1.82) is 0 Å². The quantitative estimate of drug-likeness (QED) is 0.603. The lowest BCUT2D eigenvalue weighted by Gasteiger charge is -2.00. The SMILES string of the molecule is Cc1cc(=O)oc2c(F)[c]c(F)cc12. The number of aryl methyl sites for hydroxylation is 1. The first kappa shape index (κ1) is 8.87. The molecule has 2 aromatic rings. The van der Waals surface area contributed by atoms with E-state index < -0.39 is 17.3 Å². The Balaban J connectivity index is 3.01. The van der Waals surface area contributed by atoms with E-state index in [0.717, 1.165) is 6.07 Å². The Bertz CT molecular complexity index is 558. The fraction of sp³-hybridized carbons (Fsp3) is 0.100. The average molecular weight is 195 g/mol. The minimum atomic E-state index is -0.985. The summed E-state index contributed by atoms with van der Waals surface area (Å²) in [6, 6.07) is 4.06. The molecule has 0 saturated heterocycles. The Morgan fingerprint density at radius 1 is 1.36 bits per heavy atom. The molecule has 4 heteroatoms. The third-order valence-electron chi connectivity index (χ3n) is 1.91. The van der Waals surface area contributed by atoms with Crippen LogP contribution in [0.4, 0.5) is 8.78 Å². The third kappa shape index (κ3) is 1.28. The molecule has 0 bridgehead atoms. The molecular weight excluding hydrogens is 190 g/mol. The Morgan fingerprint density at radius 3 is 2.79 bits per heavy atom. The monoisotopic (exact) mass is 195 g/mol. The molecule has 2 nitrogen and oxygen atoms in total. The molecule has 0 aliphatic rings. The summed E-state index contributed by atoms with van der Waals surface area (Å²) in [6.45, 7) is 1.58. The molecule has 1 radical (unpaired) electrons. The van der Waals surface area contributed by atoms with Gasteiger partial charge in [-0.1, -0.05) is 0 Å². The maximum atomic E-state index is 13.1. The van der Waals surface area contributed by atoms with E-state index in [1.165, 1.54) is 6.07 Å². The molecule has 1 aromatic carbocycles. The molecule has 0 amide bonds. The molecule has 0 saturated carbocycles. The van der Waals surface area contributed by atoms with Gasteiger partial charge in [0.05, 0.1) is 6.07 Å². The van der Waals surface area contributed by atoms with Gasteiger partial charge < -0.3 is 4.42 Å². The number of benzene rings is 1. The molecule has 1 aromatic heterocycles. The van der Waals surface area contributed by atoms with Crippen LogP contribution in [0.5, 0.6) is 0 Å². The van der Waals surface area contributed by atoms with Crippen molar-refractivity contribution in [3.05, 3.63) is 45.8 Å². The molecule has 0 spiro atoms. The predicted octanol–water partition coefficient (Wildman–Crippen LogP) is 2.18. The van der Waals surface area contributed by atoms with E-state index in [0.29, 0.717) is 5.56 Å². The number of halogens is 2. The first-order valence-electron chi connectivity index (χ1n) is 3.90. The van der Waals surface area contributed by atoms with Crippen molar-refractivity contribution in [2.75, 3.05) is 0 Å². The highest BCUT2D eigenvalue weighted by Gasteiger charge is 2.09. The number of hydrogen-bond acceptors (Lipinski definition) is 2. The van der Waals surface area contributed by atoms with Crippen molar-refractivity contribution in [2.45, 2.75) is 6.92 Å². The van der Waals surface area contributed by atoms with Crippen molar-refractivity contribution in [3.63, 3.8) is 0 Å². The fourth-order valence-electron chi connectivity index (χ4n) is 1.29. The van der Waals surface area contributed by atoms with Crippen LogP contribution in [0.3, 0.4) is 0 Å². The fourth-order valence-corrected chi connectivity index (χ4v) is 1.29. The van der Waals surface area contributed by atoms with Gasteiger partial charge in [-0.2, -0.15) is 0 Å². The molecule has 0 unspecified atom stereocenters. The van der Waals surface area contributed by atoms with Gasteiger partial charge in [0, 0.05) is 11.5 Å². The molecule has 0 aliphatic heterocycles. The summed E-state index contributed by atoms with van der Waals surface area (Å²) in [5, 5.41) is 0.248. The Kier molecular flexibility index (Phi) is 1.84. The van der Waals surface area contributed by atoms with Crippen LogP contribution < -0.4 is 5.63 Å². The molecule has 1 heterocycles. The van der Waals surface area contributed by atoms with Gasteiger partial charge >= 0.3 is 5.63 Å². The molecule has 0 atom stereocenters. The summed E-state index contributed by atoms with van der Waals surface area (Å²) in [6.07, 6.45) is 0. The lowest BCUT2D eigenvalue weighted by Crippen LogP contribution is -1.99. The normalized spacial score (nSPS) is 10.8. The first-order valence-corrected chi connectivity index (χ1v) is 3.90. The van der Waals surface area contributed by atoms with Crippen molar-refractivity contribution in [2.24, 2.45) is 0 Å². The van der Waals surface area contributed by atoms with Gasteiger partial charge in [0.2, 0.25) is 0 Å². The van der Waals surface area contributed by atoms with Crippen molar-refractivity contribution in [1.82, 2.24) is 0 Å². The molecule has 71 valence electrons. The van der Waals surface area contributed by atoms with Crippen molar-refractivity contribution < 1.29 is 13.2 Å². The van der Waals surface area contributed by atoms with E-state index in [-0.39, 0.29) is 11.0 Å². The van der Waals surface area contributed by atoms with Crippen LogP contribution >= 0.6 is 0 Å². The highest BCUT2D eigenvalue weighted by molar-refractivity contribution is 5.80. The summed E-state index contributed by atoms with van der Waals surface area (Å²) in [7, 11) is 0. The number of fused-ring (bicyclic) bond motifs is 1. The summed E-state index contributed by atoms with van der Waals surface area (Å²) in [5.41, 5.74) is -0.437. The van der Waals surface area contributed by atoms with E-state index >= 15 is 0 Å². The number of rotatable bonds is 0. The molecule has 14 heavy (non-hydrogen) atoms. The van der Waals surface area contributed by atoms with Gasteiger partial charge in [-0.25, -0.2) is 13.6 Å². The Hall–Kier alpha value is -1.71. The zero-order valence-corrected chi connectivity index (χ0v) is 7.23. The predicted molar refractivity (Wildman–Crippen MR) is 46.0 cm³/mol. The highest BCUT2D eigenvalue weighted by atomic mass is 19.1. The molecule has 2 rings (SSSR count). The average Bonchev–Trinajstić information content (AvgIpc) is 2.07. The van der Waals surface area contributed by atoms with Crippen LogP contribution in [0.15, 0.2) is 21.3 Å². The number of hydrogen-bond donors (Lipinski definition) is 0. The molecule has 0 fully saturated rings. The summed E-state index contributed by atoms with van der Waals surface area (Å²) in [5.74, 6) is -1.80. The second kappa shape index (κ2) is 2.90. The highest BCUT2D eigenvalue weighted by Crippen LogP contribution is 2.20. The minimum Gasteiger partial charge on any atom is -0.420 e. The zero-order chi connectivity index (χ0) is 10.3. The van der Waals surface area contributed by atoms with E-state index in [9.17, 15) is 13.6 Å². The third-order valence-corrected chi connectivity index (χ3v) is 1.91. The van der Waals surface area contributed by atoms with Crippen LogP contribution in [0.1, 0.15) is 5.56 Å². The van der Waals surface area contributed by atoms with Crippen molar-refractivity contribution >= 4 is 11.0 Å². The lowest BCUT2D eigenvalue weighted by atomic mass is 10.1. The second-order valence-electron chi connectivity index (χ2n) is 2.92. The topological polar surface area (TPSA) is 30.2 Å². The van der Waals surface area contributed by atoms with Gasteiger partial charge in [0.25, 0.3) is 0 Å². The standard InChI is InChI=1S/C10H5F2O2/c1-5-2-9(13)14-10-7(5)3-6(11)4-8(10)12/h2-3H,1H3. The maximum absolute atomic E-state index is 13.1. The largest absolute Gasteiger partial charge is 0.420 e. The van der Waals surface area contributed by atoms with Gasteiger partial charge in [-0.05, 0) is 18.6 Å². The Morgan fingerprint density at radius 2 is 2.07 bits per heavy atom. The van der Waals surface area contributed by atoms with Gasteiger partial charge in [-0.15, -0.1) is 0 Å². The summed E-state index contributed by atoms with van der Waals surface area (Å²) in [4.78, 5) is 10.9. The van der Waals surface area contributed by atoms with Gasteiger partial charge in [-0.3, -0.25) is 0 Å². The van der Waals surface area contributed by atoms with Crippen LogP contribution in [-0.4, -0.2) is 0 Å². The van der Waals surface area contributed by atoms with E-state index in [1.807, 2.05) is 0 Å². The first-order chi connectivity index (χ1) is 6.58. The Labute approximate surface area is 77.8 Å². The molecular formula is C10H5F2O2. The van der Waals surface area contributed by atoms with Crippen LogP contribution in [-0.2, 0) is 0 Å². The van der Waals surface area contributed by atoms with Gasteiger partial charge in [0.15, 0.2) is 11.4 Å². The van der Waals surface area contributed by atoms with Crippen LogP contribution in [0.25, 0.3) is 11.0 Å². The van der Waals surface area contributed by atoms with E-state index in [1.54, 1.807) is 13.0 Å². The molecule has 0 aliphatic carbocycles. The van der Waals surface area contributed by atoms with Gasteiger partial charge in [0.1, 0.15) is 5.82 Å². The summed E-state index contributed by atoms with van der Waals surface area (Å²) >= 11 is 0. The maximum Gasteiger partial charge on any atom is 0.336 e. The van der Waals surface area contributed by atoms with Crippen LogP contribution in [0.2, 0.25) is 0 Å². The second-order valence-corrected chi connectivity index (χ2v) is 2.92. The summed E-state index contributed by atoms with van der Waals surface area (Å²) < 4.78 is 30.4. The minimum absolute atomic E-state index is 0.248. The molecule has 0 N–H and O–H groups in total. The van der Waals surface area contributed by atoms with E-state index in [2.05, 4.69) is 4.42 Å². The van der Waals surface area contributed by atoms with Crippen LogP contribution in [0, 0.1) is 24.6 Å². The van der Waals surface area contributed by atoms with E-state index in [4.69, 9.17) is 0 Å². The smallest absolute Gasteiger partial charge is 0.336 e. The zero-order valence-electron chi connectivity index (χ0n) is 7.23.